The van der Waals surface area contributed by atoms with Crippen molar-refractivity contribution < 1.29 is 27.8 Å². The molecule has 3 heterocycles. The summed E-state index contributed by atoms with van der Waals surface area (Å²) in [5.41, 5.74) is 3.31. The molecule has 6 rings (SSSR count). The molecule has 1 aliphatic carbocycles. The third-order valence-corrected chi connectivity index (χ3v) is 12.8. The van der Waals surface area contributed by atoms with E-state index in [-0.39, 0.29) is 29.2 Å². The molecule has 8 nitrogen and oxygen atoms in total. The first-order valence-corrected chi connectivity index (χ1v) is 18.9. The number of ether oxygens (including phenoxy) is 2. The molecule has 0 unspecified atom stereocenters. The predicted octanol–water partition coefficient (Wildman–Crippen LogP) is 6.29. The fraction of sp³-hybridized carbons (Fsp3) is 0.583. The van der Waals surface area contributed by atoms with E-state index in [0.29, 0.717) is 43.4 Å². The lowest BCUT2D eigenvalue weighted by Gasteiger charge is -2.42. The van der Waals surface area contributed by atoms with E-state index in [2.05, 4.69) is 9.62 Å². The second-order valence-corrected chi connectivity index (χ2v) is 16.1. The summed E-state index contributed by atoms with van der Waals surface area (Å²) in [7, 11) is -4.01. The van der Waals surface area contributed by atoms with Crippen LogP contribution in [-0.2, 0) is 27.8 Å². The van der Waals surface area contributed by atoms with Crippen LogP contribution in [0.3, 0.4) is 0 Å². The molecule has 0 radical (unpaired) electrons. The van der Waals surface area contributed by atoms with Crippen LogP contribution >= 0.6 is 11.6 Å². The molecule has 5 atom stereocenters. The van der Waals surface area contributed by atoms with Crippen LogP contribution in [0.15, 0.2) is 48.6 Å². The average molecular weight is 671 g/mol. The Morgan fingerprint density at radius 2 is 1.87 bits per heavy atom. The number of allylic oxidation sites excluding steroid dienone is 1. The zero-order valence-electron chi connectivity index (χ0n) is 26.7. The zero-order chi connectivity index (χ0) is 32.3. The Balaban J connectivity index is 1.36. The van der Waals surface area contributed by atoms with Crippen molar-refractivity contribution in [1.29, 1.82) is 0 Å². The van der Waals surface area contributed by atoms with Gasteiger partial charge in [0.15, 0.2) is 0 Å². The molecular formula is C36H47ClN2O6S. The van der Waals surface area contributed by atoms with Gasteiger partial charge in [-0.25, -0.2) is 13.1 Å². The number of amides is 1. The molecule has 46 heavy (non-hydrogen) atoms. The first kappa shape index (κ1) is 33.3. The number of anilines is 1. The number of hydrogen-bond donors (Lipinski definition) is 2. The summed E-state index contributed by atoms with van der Waals surface area (Å²) >= 11 is 6.33. The van der Waals surface area contributed by atoms with Crippen molar-refractivity contribution in [3.8, 4) is 5.75 Å². The van der Waals surface area contributed by atoms with Crippen molar-refractivity contribution in [2.45, 2.75) is 82.7 Å². The normalized spacial score (nSPS) is 29.9. The van der Waals surface area contributed by atoms with E-state index in [1.807, 2.05) is 37.3 Å². The van der Waals surface area contributed by atoms with E-state index in [9.17, 15) is 18.3 Å². The number of nitrogens with zero attached hydrogens (tertiary/aromatic N) is 1. The second-order valence-electron chi connectivity index (χ2n) is 13.7. The van der Waals surface area contributed by atoms with Gasteiger partial charge in [-0.3, -0.25) is 4.79 Å². The minimum atomic E-state index is -4.01. The van der Waals surface area contributed by atoms with Crippen molar-refractivity contribution in [3.63, 3.8) is 0 Å². The van der Waals surface area contributed by atoms with Crippen molar-refractivity contribution in [2.75, 3.05) is 31.2 Å². The Bertz CT molecular complexity index is 1520. The lowest BCUT2D eigenvalue weighted by Crippen LogP contribution is -2.44. The van der Waals surface area contributed by atoms with Gasteiger partial charge in [-0.1, -0.05) is 36.7 Å². The molecule has 0 spiro atoms. The third-order valence-electron chi connectivity index (χ3n) is 10.6. The quantitative estimate of drug-likeness (QED) is 0.362. The van der Waals surface area contributed by atoms with Gasteiger partial charge < -0.3 is 19.5 Å². The van der Waals surface area contributed by atoms with Crippen LogP contribution in [0.1, 0.15) is 79.8 Å². The van der Waals surface area contributed by atoms with Crippen LogP contribution in [-0.4, -0.2) is 57.1 Å². The van der Waals surface area contributed by atoms with E-state index >= 15 is 0 Å². The number of aryl methyl sites for hydroxylation is 1. The monoisotopic (exact) mass is 670 g/mol. The van der Waals surface area contributed by atoms with E-state index in [1.165, 1.54) is 5.56 Å². The molecule has 3 aliphatic heterocycles. The summed E-state index contributed by atoms with van der Waals surface area (Å²) in [6.07, 6.45) is 10.5. The molecule has 1 saturated carbocycles. The number of aliphatic hydroxyl groups excluding tert-OH is 1. The Morgan fingerprint density at radius 1 is 1.04 bits per heavy atom. The molecule has 0 aromatic heterocycles. The van der Waals surface area contributed by atoms with E-state index < -0.39 is 27.3 Å². The highest BCUT2D eigenvalue weighted by molar-refractivity contribution is 7.90. The van der Waals surface area contributed by atoms with Gasteiger partial charge in [-0.05, 0) is 123 Å². The Kier molecular flexibility index (Phi) is 10.6. The molecule has 10 heteroatoms. The number of carbonyl (C=O) groups is 1. The smallest absolute Gasteiger partial charge is 0.264 e. The van der Waals surface area contributed by atoms with Gasteiger partial charge in [0.05, 0.1) is 17.0 Å². The highest BCUT2D eigenvalue weighted by Gasteiger charge is 2.38. The highest BCUT2D eigenvalue weighted by Crippen LogP contribution is 2.41. The van der Waals surface area contributed by atoms with Crippen LogP contribution in [0, 0.1) is 23.7 Å². The number of hydrogen-bond acceptors (Lipinski definition) is 7. The Morgan fingerprint density at radius 3 is 2.65 bits per heavy atom. The van der Waals surface area contributed by atoms with Crippen LogP contribution in [0.4, 0.5) is 5.69 Å². The number of nitrogens with one attached hydrogen (secondary N) is 1. The maximum Gasteiger partial charge on any atom is 0.264 e. The number of fused-ring (bicyclic) bond motifs is 3. The topological polar surface area (TPSA) is 105 Å². The van der Waals surface area contributed by atoms with Crippen molar-refractivity contribution >= 4 is 33.2 Å². The second kappa shape index (κ2) is 14.7. The van der Waals surface area contributed by atoms with Crippen LogP contribution in [0.2, 0.25) is 5.02 Å². The fourth-order valence-corrected chi connectivity index (χ4v) is 9.57. The standard InChI is InChI=1S/C36H47ClN2O6S/c1-24-5-4-7-33(40)31-12-9-28(31)22-39-16-3-2-6-26-20-30(37)11-8-29(26)23-45-34-13-10-27(21-32(34)39)36(41)38-46(42,43)35(24)19-25-14-17-44-18-15-25/h4,7-8,10-11,13,20-21,24-25,28,31,33,35,40H,2-3,5-6,9,12,14-19,22-23H2,1H3,(H,38,41)/b7-4+/t24-,28+,31-,33+,35+/m1/s1. The molecule has 2 fully saturated rings. The lowest BCUT2D eigenvalue weighted by molar-refractivity contribution is 0.0460. The molecule has 1 saturated heterocycles. The van der Waals surface area contributed by atoms with Gasteiger partial charge in [-0.2, -0.15) is 0 Å². The molecule has 250 valence electrons. The molecule has 2 aromatic carbocycles. The van der Waals surface area contributed by atoms with Gasteiger partial charge in [0.25, 0.3) is 5.91 Å². The number of carbonyl (C=O) groups excluding carboxylic acids is 1. The molecule has 2 N–H and O–H groups in total. The Labute approximate surface area is 278 Å². The van der Waals surface area contributed by atoms with Crippen LogP contribution in [0.5, 0.6) is 5.75 Å². The third kappa shape index (κ3) is 7.75. The molecular weight excluding hydrogens is 624 g/mol. The first-order valence-electron chi connectivity index (χ1n) is 17.0. The van der Waals surface area contributed by atoms with Gasteiger partial charge in [0.2, 0.25) is 10.0 Å². The highest BCUT2D eigenvalue weighted by atomic mass is 35.5. The lowest BCUT2D eigenvalue weighted by atomic mass is 9.70. The maximum atomic E-state index is 13.9. The largest absolute Gasteiger partial charge is 0.487 e. The summed E-state index contributed by atoms with van der Waals surface area (Å²) in [6, 6.07) is 11.1. The van der Waals surface area contributed by atoms with Crippen LogP contribution < -0.4 is 14.4 Å². The average Bonchev–Trinajstić information content (AvgIpc) is 3.04. The number of benzene rings is 2. The molecule has 2 aromatic rings. The fourth-order valence-electron chi connectivity index (χ4n) is 7.60. The van der Waals surface area contributed by atoms with Crippen molar-refractivity contribution in [3.05, 3.63) is 70.3 Å². The summed E-state index contributed by atoms with van der Waals surface area (Å²) in [6.45, 7) is 5.00. The van der Waals surface area contributed by atoms with Gasteiger partial charge in [-0.15, -0.1) is 0 Å². The first-order chi connectivity index (χ1) is 22.2. The predicted molar refractivity (Wildman–Crippen MR) is 181 cm³/mol. The molecule has 4 aliphatic rings. The van der Waals surface area contributed by atoms with Crippen molar-refractivity contribution in [2.24, 2.45) is 23.7 Å². The minimum Gasteiger partial charge on any atom is -0.487 e. The number of aliphatic hydroxyl groups is 1. The van der Waals surface area contributed by atoms with Gasteiger partial charge in [0, 0.05) is 36.9 Å². The van der Waals surface area contributed by atoms with Gasteiger partial charge in [0.1, 0.15) is 12.4 Å². The summed E-state index contributed by atoms with van der Waals surface area (Å²) < 4.78 is 42.3. The SMILES string of the molecule is C[C@@H]1C/C=C/[C@H](O)[C@@H]2CC[C@H]2CN2CCCCc3cc(Cl)ccc3COc3ccc(cc32)C(=O)NS(=O)(=O)[C@H]1CC1CCOCC1. The summed E-state index contributed by atoms with van der Waals surface area (Å²) in [5, 5.41) is 11.2. The number of halogens is 1. The summed E-state index contributed by atoms with van der Waals surface area (Å²) in [4.78, 5) is 16.0. The number of sulfonamides is 1. The zero-order valence-corrected chi connectivity index (χ0v) is 28.3. The van der Waals surface area contributed by atoms with E-state index in [4.69, 9.17) is 21.1 Å². The van der Waals surface area contributed by atoms with Gasteiger partial charge >= 0.3 is 0 Å². The molecule has 1 amide bonds. The minimum absolute atomic E-state index is 0.127. The van der Waals surface area contributed by atoms with Crippen molar-refractivity contribution in [1.82, 2.24) is 4.72 Å². The van der Waals surface area contributed by atoms with E-state index in [1.54, 1.807) is 18.2 Å². The number of rotatable bonds is 2. The Hall–Kier alpha value is -2.59. The van der Waals surface area contributed by atoms with Crippen LogP contribution in [0.25, 0.3) is 0 Å². The summed E-state index contributed by atoms with van der Waals surface area (Å²) in [5.74, 6) is 0.408. The van der Waals surface area contributed by atoms with E-state index in [0.717, 1.165) is 69.3 Å². The molecule has 2 bridgehead atoms. The maximum absolute atomic E-state index is 13.9.